The number of hydrogen-bond acceptors (Lipinski definition) is 5. The standard InChI is InChI=1S/C10H10N4O3/c1-6-13-9(17-14-6)5-12-10(16)7-2-3-11-8(15)4-7/h2-4H,5H2,1H3,(H,11,15)(H,12,16). The van der Waals surface area contributed by atoms with Crippen molar-refractivity contribution in [3.05, 3.63) is 46.0 Å². The highest BCUT2D eigenvalue weighted by Crippen LogP contribution is 1.97. The van der Waals surface area contributed by atoms with Crippen molar-refractivity contribution < 1.29 is 9.32 Å². The zero-order valence-corrected chi connectivity index (χ0v) is 9.06. The van der Waals surface area contributed by atoms with Crippen LogP contribution in [0.25, 0.3) is 0 Å². The third-order valence-corrected chi connectivity index (χ3v) is 2.01. The van der Waals surface area contributed by atoms with Gasteiger partial charge in [-0.3, -0.25) is 9.59 Å². The Hall–Kier alpha value is -2.44. The quantitative estimate of drug-likeness (QED) is 0.778. The number of carbonyl (C=O) groups excluding carboxylic acids is 1. The van der Waals surface area contributed by atoms with Crippen LogP contribution in [-0.4, -0.2) is 21.0 Å². The molecular weight excluding hydrogens is 224 g/mol. The fraction of sp³-hybridized carbons (Fsp3) is 0.200. The van der Waals surface area contributed by atoms with Crippen molar-refractivity contribution in [1.29, 1.82) is 0 Å². The average molecular weight is 234 g/mol. The number of H-pyrrole nitrogens is 1. The Morgan fingerprint density at radius 3 is 3.06 bits per heavy atom. The zero-order chi connectivity index (χ0) is 12.3. The van der Waals surface area contributed by atoms with Crippen molar-refractivity contribution in [2.75, 3.05) is 0 Å². The predicted octanol–water partition coefficient (Wildman–Crippen LogP) is -0.00368. The maximum Gasteiger partial charge on any atom is 0.251 e. The normalized spacial score (nSPS) is 10.2. The van der Waals surface area contributed by atoms with Gasteiger partial charge in [0.05, 0.1) is 6.54 Å². The molecule has 0 aliphatic carbocycles. The number of aryl methyl sites for hydroxylation is 1. The van der Waals surface area contributed by atoms with Crippen molar-refractivity contribution in [2.24, 2.45) is 0 Å². The number of aromatic nitrogens is 3. The molecule has 0 unspecified atom stereocenters. The summed E-state index contributed by atoms with van der Waals surface area (Å²) in [6, 6.07) is 2.73. The molecule has 7 nitrogen and oxygen atoms in total. The van der Waals surface area contributed by atoms with Gasteiger partial charge in [0.15, 0.2) is 5.82 Å². The first-order valence-electron chi connectivity index (χ1n) is 4.91. The van der Waals surface area contributed by atoms with Crippen LogP contribution >= 0.6 is 0 Å². The van der Waals surface area contributed by atoms with E-state index in [2.05, 4.69) is 20.4 Å². The van der Waals surface area contributed by atoms with Crippen LogP contribution in [0.2, 0.25) is 0 Å². The van der Waals surface area contributed by atoms with Crippen LogP contribution in [0.1, 0.15) is 22.1 Å². The van der Waals surface area contributed by atoms with Crippen LogP contribution in [0, 0.1) is 6.92 Å². The number of carbonyl (C=O) groups is 1. The minimum Gasteiger partial charge on any atom is -0.343 e. The van der Waals surface area contributed by atoms with Gasteiger partial charge in [0.1, 0.15) is 0 Å². The molecule has 2 N–H and O–H groups in total. The Morgan fingerprint density at radius 2 is 2.41 bits per heavy atom. The minimum atomic E-state index is -0.369. The second-order valence-electron chi connectivity index (χ2n) is 3.36. The summed E-state index contributed by atoms with van der Waals surface area (Å²) in [4.78, 5) is 29.0. The summed E-state index contributed by atoms with van der Waals surface area (Å²) < 4.78 is 4.83. The third kappa shape index (κ3) is 2.77. The van der Waals surface area contributed by atoms with Gasteiger partial charge in [0.25, 0.3) is 5.91 Å². The molecule has 0 aliphatic rings. The molecule has 0 spiro atoms. The van der Waals surface area contributed by atoms with Gasteiger partial charge in [-0.25, -0.2) is 0 Å². The summed E-state index contributed by atoms with van der Waals surface area (Å²) in [5.74, 6) is 0.457. The van der Waals surface area contributed by atoms with Crippen molar-refractivity contribution in [2.45, 2.75) is 13.5 Å². The number of hydrogen-bond donors (Lipinski definition) is 2. The highest BCUT2D eigenvalue weighted by Gasteiger charge is 2.08. The molecule has 88 valence electrons. The molecule has 2 aromatic heterocycles. The number of nitrogens with zero attached hydrogens (tertiary/aromatic N) is 2. The summed E-state index contributed by atoms with van der Waals surface area (Å²) in [5, 5.41) is 6.16. The van der Waals surface area contributed by atoms with Crippen LogP contribution in [0.4, 0.5) is 0 Å². The Balaban J connectivity index is 2.00. The first kappa shape index (κ1) is 11.1. The lowest BCUT2D eigenvalue weighted by Gasteiger charge is -2.00. The molecule has 0 saturated carbocycles. The highest BCUT2D eigenvalue weighted by atomic mass is 16.5. The second kappa shape index (κ2) is 4.60. The van der Waals surface area contributed by atoms with E-state index < -0.39 is 0 Å². The number of amides is 1. The van der Waals surface area contributed by atoms with Crippen LogP contribution in [0.5, 0.6) is 0 Å². The number of aromatic amines is 1. The summed E-state index contributed by atoms with van der Waals surface area (Å²) in [6.07, 6.45) is 1.41. The number of rotatable bonds is 3. The van der Waals surface area contributed by atoms with E-state index in [0.717, 1.165) is 0 Å². The average Bonchev–Trinajstić information content (AvgIpc) is 2.72. The monoisotopic (exact) mass is 234 g/mol. The van der Waals surface area contributed by atoms with Gasteiger partial charge in [-0.05, 0) is 13.0 Å². The fourth-order valence-corrected chi connectivity index (χ4v) is 1.26. The van der Waals surface area contributed by atoms with Gasteiger partial charge in [0.2, 0.25) is 11.4 Å². The molecular formula is C10H10N4O3. The molecule has 0 atom stereocenters. The molecule has 7 heteroatoms. The van der Waals surface area contributed by atoms with Gasteiger partial charge in [-0.1, -0.05) is 5.16 Å². The van der Waals surface area contributed by atoms with E-state index in [-0.39, 0.29) is 23.6 Å². The first-order valence-corrected chi connectivity index (χ1v) is 4.91. The van der Waals surface area contributed by atoms with E-state index in [1.807, 2.05) is 0 Å². The van der Waals surface area contributed by atoms with Gasteiger partial charge in [-0.2, -0.15) is 4.98 Å². The minimum absolute atomic E-state index is 0.131. The number of pyridine rings is 1. The molecule has 0 bridgehead atoms. The third-order valence-electron chi connectivity index (χ3n) is 2.01. The van der Waals surface area contributed by atoms with Gasteiger partial charge in [-0.15, -0.1) is 0 Å². The second-order valence-corrected chi connectivity index (χ2v) is 3.36. The molecule has 2 heterocycles. The fourth-order valence-electron chi connectivity index (χ4n) is 1.26. The Labute approximate surface area is 95.9 Å². The molecule has 0 fully saturated rings. The summed E-state index contributed by atoms with van der Waals surface area (Å²) in [7, 11) is 0. The maximum absolute atomic E-state index is 11.6. The lowest BCUT2D eigenvalue weighted by Crippen LogP contribution is -2.24. The van der Waals surface area contributed by atoms with Crippen LogP contribution in [-0.2, 0) is 6.54 Å². The van der Waals surface area contributed by atoms with Gasteiger partial charge >= 0.3 is 0 Å². The van der Waals surface area contributed by atoms with Crippen molar-refractivity contribution in [3.63, 3.8) is 0 Å². The van der Waals surface area contributed by atoms with Gasteiger partial charge < -0.3 is 14.8 Å². The summed E-state index contributed by atoms with van der Waals surface area (Å²) >= 11 is 0. The van der Waals surface area contributed by atoms with Crippen molar-refractivity contribution in [1.82, 2.24) is 20.4 Å². The molecule has 2 rings (SSSR count). The van der Waals surface area contributed by atoms with Crippen LogP contribution in [0.15, 0.2) is 27.6 Å². The van der Waals surface area contributed by atoms with Crippen LogP contribution in [0.3, 0.4) is 0 Å². The Morgan fingerprint density at radius 1 is 1.59 bits per heavy atom. The molecule has 0 aliphatic heterocycles. The highest BCUT2D eigenvalue weighted by molar-refractivity contribution is 5.93. The molecule has 0 radical (unpaired) electrons. The Kier molecular flexibility index (Phi) is 2.99. The first-order chi connectivity index (χ1) is 8.15. The molecule has 0 aromatic carbocycles. The van der Waals surface area contributed by atoms with E-state index in [4.69, 9.17) is 4.52 Å². The van der Waals surface area contributed by atoms with Crippen molar-refractivity contribution >= 4 is 5.91 Å². The lowest BCUT2D eigenvalue weighted by atomic mass is 10.2. The van der Waals surface area contributed by atoms with Crippen molar-refractivity contribution in [3.8, 4) is 0 Å². The van der Waals surface area contributed by atoms with Gasteiger partial charge in [0, 0.05) is 17.8 Å². The zero-order valence-electron chi connectivity index (χ0n) is 9.06. The predicted molar refractivity (Wildman–Crippen MR) is 57.3 cm³/mol. The lowest BCUT2D eigenvalue weighted by molar-refractivity contribution is 0.0946. The van der Waals surface area contributed by atoms with Crippen LogP contribution < -0.4 is 10.9 Å². The molecule has 2 aromatic rings. The Bertz CT molecular complexity index is 587. The molecule has 17 heavy (non-hydrogen) atoms. The smallest absolute Gasteiger partial charge is 0.251 e. The number of nitrogens with one attached hydrogen (secondary N) is 2. The summed E-state index contributed by atoms with van der Waals surface area (Å²) in [5.41, 5.74) is -0.0451. The summed E-state index contributed by atoms with van der Waals surface area (Å²) in [6.45, 7) is 1.82. The van der Waals surface area contributed by atoms with E-state index in [9.17, 15) is 9.59 Å². The molecule has 1 amide bonds. The van der Waals surface area contributed by atoms with E-state index in [1.54, 1.807) is 6.92 Å². The molecule has 0 saturated heterocycles. The largest absolute Gasteiger partial charge is 0.343 e. The van der Waals surface area contributed by atoms with E-state index in [0.29, 0.717) is 11.7 Å². The topological polar surface area (TPSA) is 101 Å². The SMILES string of the molecule is Cc1noc(CNC(=O)c2cc[nH]c(=O)c2)n1. The van der Waals surface area contributed by atoms with E-state index >= 15 is 0 Å². The maximum atomic E-state index is 11.6. The van der Waals surface area contributed by atoms with E-state index in [1.165, 1.54) is 18.3 Å².